The summed E-state index contributed by atoms with van der Waals surface area (Å²) in [5.74, 6) is -1.40. The van der Waals surface area contributed by atoms with Gasteiger partial charge in [-0.15, -0.1) is 0 Å². The molecule has 0 bridgehead atoms. The minimum atomic E-state index is -1.41. The van der Waals surface area contributed by atoms with Gasteiger partial charge < -0.3 is 20.7 Å². The number of aliphatic imine (C=N–C) groups is 2. The number of carboxylic acids is 1. The normalized spacial score (nSPS) is 20.4. The lowest BCUT2D eigenvalue weighted by Gasteiger charge is -2.21. The van der Waals surface area contributed by atoms with Gasteiger partial charge in [-0.05, 0) is 23.8 Å². The third kappa shape index (κ3) is 3.66. The summed E-state index contributed by atoms with van der Waals surface area (Å²) < 4.78 is 5.00. The number of phenolic OH excluding ortho intramolecular Hbond substituents is 1. The van der Waals surface area contributed by atoms with E-state index in [4.69, 9.17) is 15.6 Å². The van der Waals surface area contributed by atoms with Crippen molar-refractivity contribution >= 4 is 30.4 Å². The minimum Gasteiger partial charge on any atom is -0.504 e. The number of hydrogen-bond donors (Lipinski definition) is 3. The zero-order valence-corrected chi connectivity index (χ0v) is 12.9. The van der Waals surface area contributed by atoms with E-state index in [2.05, 4.69) is 9.98 Å². The Bertz CT molecular complexity index is 727. The van der Waals surface area contributed by atoms with Crippen LogP contribution in [0.5, 0.6) is 11.5 Å². The predicted molar refractivity (Wildman–Crippen MR) is 88.6 cm³/mol. The van der Waals surface area contributed by atoms with Gasteiger partial charge in [-0.25, -0.2) is 4.99 Å². The second-order valence-electron chi connectivity index (χ2n) is 5.22. The Labute approximate surface area is 138 Å². The Morgan fingerprint density at radius 2 is 2.21 bits per heavy atom. The van der Waals surface area contributed by atoms with E-state index in [1.807, 2.05) is 0 Å². The summed E-state index contributed by atoms with van der Waals surface area (Å²) in [6.45, 7) is 0. The molecule has 8 heteroatoms. The van der Waals surface area contributed by atoms with Crippen LogP contribution in [0.4, 0.5) is 0 Å². The minimum absolute atomic E-state index is 0.0163. The molecule has 24 heavy (non-hydrogen) atoms. The highest BCUT2D eigenvalue weighted by molar-refractivity contribution is 6.15. The van der Waals surface area contributed by atoms with Gasteiger partial charge in [0.25, 0.3) is 0 Å². The van der Waals surface area contributed by atoms with Crippen molar-refractivity contribution < 1.29 is 24.5 Å². The van der Waals surface area contributed by atoms with E-state index in [0.717, 1.165) is 0 Å². The van der Waals surface area contributed by atoms with Gasteiger partial charge in [0.05, 0.1) is 7.11 Å². The summed E-state index contributed by atoms with van der Waals surface area (Å²) in [4.78, 5) is 31.2. The van der Waals surface area contributed by atoms with Crippen LogP contribution in [-0.4, -0.2) is 53.2 Å². The number of nitrogens with zero attached hydrogens (tertiary/aromatic N) is 2. The number of nitrogens with two attached hydrogens (primary N) is 1. The van der Waals surface area contributed by atoms with E-state index in [9.17, 15) is 14.7 Å². The van der Waals surface area contributed by atoms with Crippen LogP contribution in [0.3, 0.4) is 0 Å². The van der Waals surface area contributed by atoms with E-state index in [1.54, 1.807) is 12.1 Å². The molecule has 2 atom stereocenters. The molecule has 2 rings (SSSR count). The Balaban J connectivity index is 2.21. The second-order valence-corrected chi connectivity index (χ2v) is 5.22. The Kier molecular flexibility index (Phi) is 5.10. The molecule has 0 amide bonds. The highest BCUT2D eigenvalue weighted by Gasteiger charge is 2.39. The lowest BCUT2D eigenvalue weighted by molar-refractivity contribution is -0.138. The summed E-state index contributed by atoms with van der Waals surface area (Å²) in [5.41, 5.74) is 4.74. The first-order chi connectivity index (χ1) is 11.4. The number of rotatable bonds is 7. The first-order valence-electron chi connectivity index (χ1n) is 7.04. The highest BCUT2D eigenvalue weighted by atomic mass is 16.5. The van der Waals surface area contributed by atoms with Crippen LogP contribution in [0.25, 0.3) is 6.08 Å². The SMILES string of the molecule is COc1cc(/C=C/C(=O)C2(C[C@H](N)C(=O)O)C=NC=N2)ccc1O. The Morgan fingerprint density at radius 1 is 1.46 bits per heavy atom. The third-order valence-corrected chi connectivity index (χ3v) is 3.55. The van der Waals surface area contributed by atoms with Crippen LogP contribution >= 0.6 is 0 Å². The van der Waals surface area contributed by atoms with Gasteiger partial charge in [-0.1, -0.05) is 12.1 Å². The Morgan fingerprint density at radius 3 is 2.79 bits per heavy atom. The fourth-order valence-corrected chi connectivity index (χ4v) is 2.20. The standard InChI is InChI=1S/C16H17N3O5/c1-24-13-6-10(2-4-12(13)20)3-5-14(21)16(8-18-9-19-16)7-11(17)15(22)23/h2-6,8-9,11,20H,7,17H2,1H3,(H,22,23)/b5-3+/t11-,16?/m0/s1. The number of hydrogen-bond acceptors (Lipinski definition) is 7. The van der Waals surface area contributed by atoms with Crippen LogP contribution in [-0.2, 0) is 9.59 Å². The number of aliphatic carboxylic acids is 1. The number of carbonyl (C=O) groups is 2. The summed E-state index contributed by atoms with van der Waals surface area (Å²) in [6.07, 6.45) is 5.09. The third-order valence-electron chi connectivity index (χ3n) is 3.55. The molecule has 0 spiro atoms. The molecule has 0 saturated carbocycles. The number of aromatic hydroxyl groups is 1. The first-order valence-corrected chi connectivity index (χ1v) is 7.04. The molecule has 8 nitrogen and oxygen atoms in total. The molecular weight excluding hydrogens is 314 g/mol. The zero-order chi connectivity index (χ0) is 17.7. The average Bonchev–Trinajstić information content (AvgIpc) is 3.03. The van der Waals surface area contributed by atoms with Crippen LogP contribution < -0.4 is 10.5 Å². The summed E-state index contributed by atoms with van der Waals surface area (Å²) >= 11 is 0. The van der Waals surface area contributed by atoms with Crippen molar-refractivity contribution in [2.75, 3.05) is 7.11 Å². The molecule has 1 aliphatic heterocycles. The molecule has 1 unspecified atom stereocenters. The lowest BCUT2D eigenvalue weighted by Crippen LogP contribution is -2.45. The molecule has 0 fully saturated rings. The van der Waals surface area contributed by atoms with Gasteiger partial charge in [0.2, 0.25) is 0 Å². The van der Waals surface area contributed by atoms with Crippen LogP contribution in [0.2, 0.25) is 0 Å². The topological polar surface area (TPSA) is 135 Å². The molecule has 0 saturated heterocycles. The number of methoxy groups -OCH3 is 1. The van der Waals surface area contributed by atoms with Gasteiger partial charge in [0, 0.05) is 12.6 Å². The van der Waals surface area contributed by atoms with Gasteiger partial charge in [0.1, 0.15) is 12.4 Å². The number of carboxylic acid groups (broad SMARTS) is 1. The number of carbonyl (C=O) groups excluding carboxylic acids is 1. The van der Waals surface area contributed by atoms with E-state index in [0.29, 0.717) is 5.56 Å². The molecule has 0 radical (unpaired) electrons. The molecule has 0 aliphatic carbocycles. The molecular formula is C16H17N3O5. The maximum absolute atomic E-state index is 12.5. The van der Waals surface area contributed by atoms with Crippen molar-refractivity contribution in [3.8, 4) is 11.5 Å². The number of ether oxygens (including phenoxy) is 1. The Hall–Kier alpha value is -3.00. The van der Waals surface area contributed by atoms with Crippen molar-refractivity contribution in [2.45, 2.75) is 18.0 Å². The molecule has 126 valence electrons. The second kappa shape index (κ2) is 7.05. The van der Waals surface area contributed by atoms with Crippen LogP contribution in [0.1, 0.15) is 12.0 Å². The number of phenols is 1. The summed E-state index contributed by atoms with van der Waals surface area (Å²) in [7, 11) is 1.42. The quantitative estimate of drug-likeness (QED) is 0.627. The molecule has 1 heterocycles. The van der Waals surface area contributed by atoms with E-state index in [1.165, 1.54) is 37.9 Å². The van der Waals surface area contributed by atoms with Gasteiger partial charge in [-0.3, -0.25) is 14.6 Å². The molecule has 1 aliphatic rings. The fourth-order valence-electron chi connectivity index (χ4n) is 2.20. The highest BCUT2D eigenvalue weighted by Crippen LogP contribution is 2.27. The van der Waals surface area contributed by atoms with Crippen molar-refractivity contribution in [1.82, 2.24) is 0 Å². The van der Waals surface area contributed by atoms with Crippen LogP contribution in [0, 0.1) is 0 Å². The molecule has 1 aromatic rings. The van der Waals surface area contributed by atoms with E-state index in [-0.39, 0.29) is 17.9 Å². The molecule has 1 aromatic carbocycles. The van der Waals surface area contributed by atoms with Crippen molar-refractivity contribution in [1.29, 1.82) is 0 Å². The maximum Gasteiger partial charge on any atom is 0.320 e. The maximum atomic E-state index is 12.5. The molecule has 4 N–H and O–H groups in total. The van der Waals surface area contributed by atoms with Gasteiger partial charge in [-0.2, -0.15) is 0 Å². The average molecular weight is 331 g/mol. The summed E-state index contributed by atoms with van der Waals surface area (Å²) in [6, 6.07) is 3.36. The van der Waals surface area contributed by atoms with E-state index < -0.39 is 23.3 Å². The van der Waals surface area contributed by atoms with Gasteiger partial charge >= 0.3 is 5.97 Å². The molecule has 0 aromatic heterocycles. The number of ketones is 1. The number of benzene rings is 1. The monoisotopic (exact) mass is 331 g/mol. The van der Waals surface area contributed by atoms with Crippen molar-refractivity contribution in [3.05, 3.63) is 29.8 Å². The predicted octanol–water partition coefficient (Wildman–Crippen LogP) is 0.637. The zero-order valence-electron chi connectivity index (χ0n) is 12.9. The largest absolute Gasteiger partial charge is 0.504 e. The van der Waals surface area contributed by atoms with E-state index >= 15 is 0 Å². The van der Waals surface area contributed by atoms with Crippen LogP contribution in [0.15, 0.2) is 34.3 Å². The fraction of sp³-hybridized carbons (Fsp3) is 0.250. The summed E-state index contributed by atoms with van der Waals surface area (Å²) in [5, 5.41) is 18.5. The van der Waals surface area contributed by atoms with Gasteiger partial charge in [0.15, 0.2) is 22.8 Å². The van der Waals surface area contributed by atoms with Crippen molar-refractivity contribution in [3.63, 3.8) is 0 Å². The first kappa shape index (κ1) is 17.4. The lowest BCUT2D eigenvalue weighted by atomic mass is 9.88. The smallest absolute Gasteiger partial charge is 0.320 e. The van der Waals surface area contributed by atoms with Crippen molar-refractivity contribution in [2.24, 2.45) is 15.7 Å².